The van der Waals surface area contributed by atoms with E-state index in [1.54, 1.807) is 7.11 Å². The fourth-order valence-electron chi connectivity index (χ4n) is 3.67. The number of aliphatic hydroxyl groups is 1. The number of hydrogen-bond acceptors (Lipinski definition) is 3. The second-order valence-electron chi connectivity index (χ2n) is 6.50. The first kappa shape index (κ1) is 15.0. The van der Waals surface area contributed by atoms with Crippen molar-refractivity contribution in [3.63, 3.8) is 0 Å². The van der Waals surface area contributed by atoms with Crippen LogP contribution in [0.5, 0.6) is 11.5 Å². The average Bonchev–Trinajstić information content (AvgIpc) is 2.61. The average molecular weight is 320 g/mol. The highest BCUT2D eigenvalue weighted by Gasteiger charge is 2.39. The summed E-state index contributed by atoms with van der Waals surface area (Å²) < 4.78 is 11.1. The van der Waals surface area contributed by atoms with Crippen molar-refractivity contribution in [2.75, 3.05) is 7.11 Å². The van der Waals surface area contributed by atoms with Crippen molar-refractivity contribution in [1.29, 1.82) is 0 Å². The lowest BCUT2D eigenvalue weighted by molar-refractivity contribution is -0.0458. The van der Waals surface area contributed by atoms with Gasteiger partial charge in [0.15, 0.2) is 6.29 Å². The van der Waals surface area contributed by atoms with Gasteiger partial charge in [0.2, 0.25) is 0 Å². The maximum atomic E-state index is 10.4. The Kier molecular flexibility index (Phi) is 3.47. The molecule has 1 aliphatic rings. The number of benzene rings is 3. The third kappa shape index (κ3) is 2.24. The van der Waals surface area contributed by atoms with Gasteiger partial charge in [-0.05, 0) is 23.1 Å². The number of rotatable bonds is 2. The van der Waals surface area contributed by atoms with Crippen LogP contribution < -0.4 is 9.47 Å². The predicted octanol–water partition coefficient (Wildman–Crippen LogP) is 4.26. The third-order valence-electron chi connectivity index (χ3n) is 5.04. The molecule has 122 valence electrons. The first-order chi connectivity index (χ1) is 11.6. The molecular weight excluding hydrogens is 300 g/mol. The van der Waals surface area contributed by atoms with Crippen LogP contribution in [0.2, 0.25) is 0 Å². The van der Waals surface area contributed by atoms with Crippen LogP contribution in [0.25, 0.3) is 10.8 Å². The van der Waals surface area contributed by atoms with Gasteiger partial charge in [-0.1, -0.05) is 55.5 Å². The lowest BCUT2D eigenvalue weighted by atomic mass is 9.71. The van der Waals surface area contributed by atoms with Gasteiger partial charge in [-0.2, -0.15) is 0 Å². The minimum atomic E-state index is -0.824. The summed E-state index contributed by atoms with van der Waals surface area (Å²) in [5, 5.41) is 12.5. The van der Waals surface area contributed by atoms with E-state index in [9.17, 15) is 5.11 Å². The standard InChI is InChI=1S/C21H20O3/c1-21(15-8-10-16(23-2)11-9-15)13-19(22)24-20-17-6-4-3-5-14(17)7-12-18(20)21/h3-12,19,22H,13H2,1-2H3. The number of methoxy groups -OCH3 is 1. The van der Waals surface area contributed by atoms with Crippen LogP contribution in [0.3, 0.4) is 0 Å². The molecule has 1 heterocycles. The summed E-state index contributed by atoms with van der Waals surface area (Å²) in [7, 11) is 1.66. The zero-order valence-electron chi connectivity index (χ0n) is 13.8. The van der Waals surface area contributed by atoms with Crippen LogP contribution in [-0.2, 0) is 5.41 Å². The highest BCUT2D eigenvalue weighted by molar-refractivity contribution is 5.90. The molecular formula is C21H20O3. The topological polar surface area (TPSA) is 38.7 Å². The Balaban J connectivity index is 1.93. The zero-order chi connectivity index (χ0) is 16.7. The molecule has 4 rings (SSSR count). The normalized spacial score (nSPS) is 22.7. The second kappa shape index (κ2) is 5.53. The van der Waals surface area contributed by atoms with E-state index >= 15 is 0 Å². The maximum Gasteiger partial charge on any atom is 0.198 e. The van der Waals surface area contributed by atoms with E-state index in [1.807, 2.05) is 30.3 Å². The van der Waals surface area contributed by atoms with Crippen molar-refractivity contribution in [1.82, 2.24) is 0 Å². The molecule has 0 bridgehead atoms. The molecule has 0 saturated heterocycles. The molecule has 0 spiro atoms. The molecule has 3 aromatic rings. The van der Waals surface area contributed by atoms with Gasteiger partial charge in [0, 0.05) is 22.8 Å². The van der Waals surface area contributed by atoms with Gasteiger partial charge in [0.1, 0.15) is 11.5 Å². The van der Waals surface area contributed by atoms with Gasteiger partial charge in [0.25, 0.3) is 0 Å². The van der Waals surface area contributed by atoms with Crippen LogP contribution in [0.1, 0.15) is 24.5 Å². The van der Waals surface area contributed by atoms with E-state index in [2.05, 4.69) is 37.3 Å². The molecule has 24 heavy (non-hydrogen) atoms. The van der Waals surface area contributed by atoms with Gasteiger partial charge in [-0.3, -0.25) is 0 Å². The number of aliphatic hydroxyl groups excluding tert-OH is 1. The van der Waals surface area contributed by atoms with Crippen molar-refractivity contribution < 1.29 is 14.6 Å². The molecule has 0 saturated carbocycles. The predicted molar refractivity (Wildman–Crippen MR) is 94.6 cm³/mol. The monoisotopic (exact) mass is 320 g/mol. The summed E-state index contributed by atoms with van der Waals surface area (Å²) in [5.74, 6) is 1.61. The fraction of sp³-hybridized carbons (Fsp3) is 0.238. The van der Waals surface area contributed by atoms with Crippen molar-refractivity contribution in [2.24, 2.45) is 0 Å². The SMILES string of the molecule is COc1ccc(C2(C)CC(O)Oc3c2ccc2ccccc32)cc1. The zero-order valence-corrected chi connectivity index (χ0v) is 13.8. The Morgan fingerprint density at radius 2 is 1.79 bits per heavy atom. The van der Waals surface area contributed by atoms with Crippen molar-refractivity contribution in [3.8, 4) is 11.5 Å². The molecule has 2 unspecified atom stereocenters. The van der Waals surface area contributed by atoms with E-state index in [0.29, 0.717) is 6.42 Å². The molecule has 1 aliphatic heterocycles. The third-order valence-corrected chi connectivity index (χ3v) is 5.04. The van der Waals surface area contributed by atoms with E-state index in [4.69, 9.17) is 9.47 Å². The van der Waals surface area contributed by atoms with Crippen molar-refractivity contribution in [2.45, 2.75) is 25.0 Å². The Morgan fingerprint density at radius 3 is 2.54 bits per heavy atom. The van der Waals surface area contributed by atoms with Gasteiger partial charge >= 0.3 is 0 Å². The molecule has 0 amide bonds. The maximum absolute atomic E-state index is 10.4. The first-order valence-electron chi connectivity index (χ1n) is 8.13. The molecule has 0 aromatic heterocycles. The van der Waals surface area contributed by atoms with Crippen LogP contribution >= 0.6 is 0 Å². The molecule has 0 fully saturated rings. The summed E-state index contributed by atoms with van der Waals surface area (Å²) in [5.41, 5.74) is 1.93. The Bertz CT molecular complexity index is 885. The van der Waals surface area contributed by atoms with Crippen LogP contribution in [0, 0.1) is 0 Å². The van der Waals surface area contributed by atoms with Crippen LogP contribution in [-0.4, -0.2) is 18.5 Å². The van der Waals surface area contributed by atoms with E-state index in [0.717, 1.165) is 33.4 Å². The summed E-state index contributed by atoms with van der Waals surface area (Å²) in [6, 6.07) is 20.4. The smallest absolute Gasteiger partial charge is 0.198 e. The van der Waals surface area contributed by atoms with Gasteiger partial charge in [0.05, 0.1) is 7.11 Å². The summed E-state index contributed by atoms with van der Waals surface area (Å²) in [4.78, 5) is 0. The molecule has 1 N–H and O–H groups in total. The lowest BCUT2D eigenvalue weighted by Gasteiger charge is -2.39. The van der Waals surface area contributed by atoms with Crippen molar-refractivity contribution >= 4 is 10.8 Å². The lowest BCUT2D eigenvalue weighted by Crippen LogP contribution is -2.37. The quantitative estimate of drug-likeness (QED) is 0.767. The van der Waals surface area contributed by atoms with E-state index in [-0.39, 0.29) is 5.41 Å². The first-order valence-corrected chi connectivity index (χ1v) is 8.13. The molecule has 2 atom stereocenters. The van der Waals surface area contributed by atoms with Crippen LogP contribution in [0.15, 0.2) is 60.7 Å². The molecule has 3 heteroatoms. The summed E-state index contributed by atoms with van der Waals surface area (Å²) >= 11 is 0. The van der Waals surface area contributed by atoms with Crippen molar-refractivity contribution in [3.05, 3.63) is 71.8 Å². The van der Waals surface area contributed by atoms with Gasteiger partial charge < -0.3 is 14.6 Å². The molecule has 0 aliphatic carbocycles. The summed E-state index contributed by atoms with van der Waals surface area (Å²) in [6.07, 6.45) is -0.305. The Labute approximate surface area is 141 Å². The second-order valence-corrected chi connectivity index (χ2v) is 6.50. The minimum absolute atomic E-state index is 0.316. The Hall–Kier alpha value is -2.52. The Morgan fingerprint density at radius 1 is 1.04 bits per heavy atom. The highest BCUT2D eigenvalue weighted by Crippen LogP contribution is 2.47. The number of hydrogen-bond donors (Lipinski definition) is 1. The molecule has 0 radical (unpaired) electrons. The van der Waals surface area contributed by atoms with Crippen LogP contribution in [0.4, 0.5) is 0 Å². The largest absolute Gasteiger partial charge is 0.497 e. The molecule has 3 nitrogen and oxygen atoms in total. The minimum Gasteiger partial charge on any atom is -0.497 e. The highest BCUT2D eigenvalue weighted by atomic mass is 16.6. The summed E-state index contributed by atoms with van der Waals surface area (Å²) in [6.45, 7) is 2.16. The fourth-order valence-corrected chi connectivity index (χ4v) is 3.67. The number of fused-ring (bicyclic) bond motifs is 3. The molecule has 3 aromatic carbocycles. The van der Waals surface area contributed by atoms with Gasteiger partial charge in [-0.15, -0.1) is 0 Å². The van der Waals surface area contributed by atoms with E-state index in [1.165, 1.54) is 0 Å². The van der Waals surface area contributed by atoms with E-state index < -0.39 is 6.29 Å². The number of ether oxygens (including phenoxy) is 2. The van der Waals surface area contributed by atoms with Gasteiger partial charge in [-0.25, -0.2) is 0 Å².